The van der Waals surface area contributed by atoms with Crippen molar-refractivity contribution in [2.24, 2.45) is 16.7 Å². The fourth-order valence-corrected chi connectivity index (χ4v) is 4.63. The van der Waals surface area contributed by atoms with Crippen molar-refractivity contribution >= 4 is 0 Å². The van der Waals surface area contributed by atoms with Gasteiger partial charge in [-0.1, -0.05) is 20.8 Å². The molecule has 0 aromatic rings. The molecule has 0 aromatic carbocycles. The van der Waals surface area contributed by atoms with Crippen molar-refractivity contribution in [2.45, 2.75) is 65.0 Å². The van der Waals surface area contributed by atoms with Crippen molar-refractivity contribution in [3.05, 3.63) is 0 Å². The van der Waals surface area contributed by atoms with Crippen LogP contribution in [0.2, 0.25) is 0 Å². The number of likely N-dealkylation sites (N-methyl/N-ethyl adjacent to an activating group) is 1. The van der Waals surface area contributed by atoms with Gasteiger partial charge in [0.25, 0.3) is 0 Å². The first-order valence-corrected chi connectivity index (χ1v) is 7.89. The molecule has 3 saturated carbocycles. The minimum atomic E-state index is 0.538. The number of nitrogens with one attached hydrogen (secondary N) is 1. The zero-order valence-electron chi connectivity index (χ0n) is 12.6. The van der Waals surface area contributed by atoms with Gasteiger partial charge in [-0.25, -0.2) is 0 Å². The third-order valence-corrected chi connectivity index (χ3v) is 6.82. The van der Waals surface area contributed by atoms with Crippen LogP contribution >= 0.6 is 0 Å². The highest BCUT2D eigenvalue weighted by atomic mass is 15.2. The summed E-state index contributed by atoms with van der Waals surface area (Å²) in [6, 6.07) is 1.66. The Balaban J connectivity index is 1.52. The van der Waals surface area contributed by atoms with Gasteiger partial charge in [0.05, 0.1) is 0 Å². The van der Waals surface area contributed by atoms with Crippen LogP contribution < -0.4 is 5.32 Å². The van der Waals surface area contributed by atoms with Gasteiger partial charge in [0.1, 0.15) is 0 Å². The number of nitrogens with zero attached hydrogens (tertiary/aromatic N) is 1. The number of hydrogen-bond donors (Lipinski definition) is 1. The summed E-state index contributed by atoms with van der Waals surface area (Å²) >= 11 is 0. The van der Waals surface area contributed by atoms with E-state index in [1.807, 2.05) is 0 Å². The smallest absolute Gasteiger partial charge is 0.0129 e. The highest BCUT2D eigenvalue weighted by molar-refractivity contribution is 5.12. The second kappa shape index (κ2) is 4.21. The Labute approximate surface area is 113 Å². The molecule has 0 saturated heterocycles. The molecule has 3 aliphatic rings. The molecular formula is C16H30N2. The quantitative estimate of drug-likeness (QED) is 0.807. The monoisotopic (exact) mass is 250 g/mol. The zero-order valence-corrected chi connectivity index (χ0v) is 12.6. The summed E-state index contributed by atoms with van der Waals surface area (Å²) in [5, 5.41) is 3.88. The van der Waals surface area contributed by atoms with Crippen LogP contribution in [0.25, 0.3) is 0 Å². The van der Waals surface area contributed by atoms with Crippen LogP contribution in [0.3, 0.4) is 0 Å². The van der Waals surface area contributed by atoms with Gasteiger partial charge < -0.3 is 10.2 Å². The zero-order chi connectivity index (χ0) is 13.0. The van der Waals surface area contributed by atoms with Crippen LogP contribution in [0, 0.1) is 16.7 Å². The Kier molecular flexibility index (Phi) is 3.02. The molecule has 0 aromatic heterocycles. The predicted octanol–water partition coefficient (Wildman–Crippen LogP) is 2.89. The molecule has 2 nitrogen and oxygen atoms in total. The maximum absolute atomic E-state index is 3.88. The van der Waals surface area contributed by atoms with Gasteiger partial charge in [-0.3, -0.25) is 0 Å². The Bertz CT molecular complexity index is 321. The maximum atomic E-state index is 3.88. The first kappa shape index (κ1) is 12.9. The van der Waals surface area contributed by atoms with Crippen molar-refractivity contribution in [2.75, 3.05) is 20.1 Å². The van der Waals surface area contributed by atoms with E-state index in [2.05, 4.69) is 38.0 Å². The summed E-state index contributed by atoms with van der Waals surface area (Å²) in [5.74, 6) is 0.959. The first-order chi connectivity index (χ1) is 8.45. The van der Waals surface area contributed by atoms with Crippen molar-refractivity contribution in [1.82, 2.24) is 10.2 Å². The van der Waals surface area contributed by atoms with Crippen LogP contribution in [0.5, 0.6) is 0 Å². The lowest BCUT2D eigenvalue weighted by Crippen LogP contribution is -2.46. The second-order valence-corrected chi connectivity index (χ2v) is 7.83. The summed E-state index contributed by atoms with van der Waals surface area (Å²) in [5.41, 5.74) is 1.09. The maximum Gasteiger partial charge on any atom is 0.0129 e. The Morgan fingerprint density at radius 3 is 2.39 bits per heavy atom. The number of hydrogen-bond acceptors (Lipinski definition) is 2. The third kappa shape index (κ3) is 1.84. The molecule has 2 heteroatoms. The van der Waals surface area contributed by atoms with Crippen LogP contribution in [0.4, 0.5) is 0 Å². The topological polar surface area (TPSA) is 15.3 Å². The fourth-order valence-electron chi connectivity index (χ4n) is 4.63. The summed E-state index contributed by atoms with van der Waals surface area (Å²) in [6.45, 7) is 9.94. The summed E-state index contributed by atoms with van der Waals surface area (Å²) in [4.78, 5) is 2.54. The summed E-state index contributed by atoms with van der Waals surface area (Å²) in [6.07, 6.45) is 7.15. The second-order valence-electron chi connectivity index (χ2n) is 7.83. The molecule has 18 heavy (non-hydrogen) atoms. The van der Waals surface area contributed by atoms with Gasteiger partial charge in [0.2, 0.25) is 0 Å². The molecule has 1 N–H and O–H groups in total. The van der Waals surface area contributed by atoms with Gasteiger partial charge in [-0.15, -0.1) is 0 Å². The molecule has 3 atom stereocenters. The summed E-state index contributed by atoms with van der Waals surface area (Å²) < 4.78 is 0. The standard InChI is InChI=1S/C16H30N2/c1-15(2)12-7-8-16(15,3)14(11-12)17-9-10-18(4)13-5-6-13/h12-14,17H,5-11H2,1-4H3. The largest absolute Gasteiger partial charge is 0.312 e. The van der Waals surface area contributed by atoms with Gasteiger partial charge in [-0.05, 0) is 55.9 Å². The molecule has 0 amide bonds. The van der Waals surface area contributed by atoms with Crippen LogP contribution in [0.15, 0.2) is 0 Å². The van der Waals surface area contributed by atoms with Gasteiger partial charge in [0, 0.05) is 25.2 Å². The highest BCUT2D eigenvalue weighted by Gasteiger charge is 2.60. The molecule has 3 unspecified atom stereocenters. The minimum Gasteiger partial charge on any atom is -0.312 e. The van der Waals surface area contributed by atoms with E-state index < -0.39 is 0 Å². The highest BCUT2D eigenvalue weighted by Crippen LogP contribution is 2.65. The van der Waals surface area contributed by atoms with Gasteiger partial charge >= 0.3 is 0 Å². The first-order valence-electron chi connectivity index (χ1n) is 7.89. The molecule has 3 aliphatic carbocycles. The van der Waals surface area contributed by atoms with Crippen molar-refractivity contribution in [3.8, 4) is 0 Å². The predicted molar refractivity (Wildman–Crippen MR) is 76.7 cm³/mol. The van der Waals surface area contributed by atoms with Gasteiger partial charge in [0.15, 0.2) is 0 Å². The molecule has 0 radical (unpaired) electrons. The average molecular weight is 250 g/mol. The lowest BCUT2D eigenvalue weighted by atomic mass is 9.69. The molecule has 2 bridgehead atoms. The number of fused-ring (bicyclic) bond motifs is 2. The van der Waals surface area contributed by atoms with E-state index >= 15 is 0 Å². The molecule has 3 rings (SSSR count). The Morgan fingerprint density at radius 2 is 1.89 bits per heavy atom. The van der Waals surface area contributed by atoms with E-state index in [0.717, 1.165) is 18.0 Å². The van der Waals surface area contributed by atoms with E-state index in [1.165, 1.54) is 45.2 Å². The van der Waals surface area contributed by atoms with Crippen LogP contribution in [-0.2, 0) is 0 Å². The molecule has 0 aliphatic heterocycles. The molecule has 104 valence electrons. The third-order valence-electron chi connectivity index (χ3n) is 6.82. The molecular weight excluding hydrogens is 220 g/mol. The molecule has 3 fully saturated rings. The fraction of sp³-hybridized carbons (Fsp3) is 1.00. The SMILES string of the molecule is CN(CCNC1CC2CCC1(C)C2(C)C)C1CC1. The Morgan fingerprint density at radius 1 is 1.17 bits per heavy atom. The summed E-state index contributed by atoms with van der Waals surface area (Å²) in [7, 11) is 2.28. The van der Waals surface area contributed by atoms with Crippen LogP contribution in [-0.4, -0.2) is 37.1 Å². The molecule has 0 spiro atoms. The normalized spacial score (nSPS) is 41.8. The Hall–Kier alpha value is -0.0800. The van der Waals surface area contributed by atoms with E-state index in [-0.39, 0.29) is 0 Å². The van der Waals surface area contributed by atoms with Gasteiger partial charge in [-0.2, -0.15) is 0 Å². The van der Waals surface area contributed by atoms with E-state index in [0.29, 0.717) is 10.8 Å². The van der Waals surface area contributed by atoms with E-state index in [1.54, 1.807) is 0 Å². The lowest BCUT2D eigenvalue weighted by Gasteiger charge is -2.40. The van der Waals surface area contributed by atoms with Crippen molar-refractivity contribution < 1.29 is 0 Å². The van der Waals surface area contributed by atoms with E-state index in [4.69, 9.17) is 0 Å². The molecule has 0 heterocycles. The van der Waals surface area contributed by atoms with Crippen LogP contribution in [0.1, 0.15) is 52.9 Å². The van der Waals surface area contributed by atoms with E-state index in [9.17, 15) is 0 Å². The average Bonchev–Trinajstić information content (AvgIpc) is 3.09. The lowest BCUT2D eigenvalue weighted by molar-refractivity contribution is 0.119. The minimum absolute atomic E-state index is 0.538. The number of rotatable bonds is 5. The van der Waals surface area contributed by atoms with Crippen molar-refractivity contribution in [3.63, 3.8) is 0 Å². The van der Waals surface area contributed by atoms with Crippen molar-refractivity contribution in [1.29, 1.82) is 0 Å².